The number of amides is 1. The largest absolute Gasteiger partial charge is 0.333 e. The minimum atomic E-state index is -0.101. The number of carbonyl (C=O) groups excluding carboxylic acids is 1. The van der Waals surface area contributed by atoms with Crippen LogP contribution < -0.4 is 5.32 Å². The second-order valence-corrected chi connectivity index (χ2v) is 6.21. The zero-order valence-electron chi connectivity index (χ0n) is 15.7. The first-order chi connectivity index (χ1) is 13.2. The number of para-hydroxylation sites is 1. The number of aromatic nitrogens is 2. The molecule has 0 saturated heterocycles. The van der Waals surface area contributed by atoms with Crippen LogP contribution in [0.15, 0.2) is 66.9 Å². The Hall–Kier alpha value is -3.21. The van der Waals surface area contributed by atoms with Gasteiger partial charge in [0.05, 0.1) is 0 Å². The maximum atomic E-state index is 12.9. The number of anilines is 2. The maximum Gasteiger partial charge on any atom is 0.272 e. The van der Waals surface area contributed by atoms with Crippen LogP contribution in [-0.2, 0) is 13.0 Å². The summed E-state index contributed by atoms with van der Waals surface area (Å²) in [4.78, 5) is 23.4. The molecule has 0 saturated carbocycles. The summed E-state index contributed by atoms with van der Waals surface area (Å²) in [5, 5.41) is 3.23. The second kappa shape index (κ2) is 8.94. The van der Waals surface area contributed by atoms with Gasteiger partial charge in [0.2, 0.25) is 5.95 Å². The van der Waals surface area contributed by atoms with Gasteiger partial charge in [-0.3, -0.25) is 4.79 Å². The number of benzene rings is 2. The van der Waals surface area contributed by atoms with E-state index >= 15 is 0 Å². The monoisotopic (exact) mass is 360 g/mol. The molecule has 3 aromatic rings. The predicted octanol–water partition coefficient (Wildman–Crippen LogP) is 4.44. The molecule has 1 aromatic heterocycles. The molecule has 0 fully saturated rings. The zero-order valence-corrected chi connectivity index (χ0v) is 15.7. The molecule has 0 bridgehead atoms. The minimum Gasteiger partial charge on any atom is -0.333 e. The van der Waals surface area contributed by atoms with E-state index in [1.165, 1.54) is 5.56 Å². The molecular formula is C22H24N4O. The summed E-state index contributed by atoms with van der Waals surface area (Å²) in [6, 6.07) is 19.7. The maximum absolute atomic E-state index is 12.9. The van der Waals surface area contributed by atoms with Crippen molar-refractivity contribution in [3.8, 4) is 0 Å². The van der Waals surface area contributed by atoms with E-state index in [1.54, 1.807) is 17.2 Å². The second-order valence-electron chi connectivity index (χ2n) is 6.21. The van der Waals surface area contributed by atoms with Crippen molar-refractivity contribution in [3.63, 3.8) is 0 Å². The Morgan fingerprint density at radius 3 is 2.48 bits per heavy atom. The normalized spacial score (nSPS) is 10.4. The lowest BCUT2D eigenvalue weighted by Gasteiger charge is -2.20. The van der Waals surface area contributed by atoms with E-state index in [0.717, 1.165) is 17.7 Å². The van der Waals surface area contributed by atoms with E-state index < -0.39 is 0 Å². The van der Waals surface area contributed by atoms with Crippen LogP contribution in [0.25, 0.3) is 0 Å². The van der Waals surface area contributed by atoms with Gasteiger partial charge in [-0.1, -0.05) is 55.5 Å². The van der Waals surface area contributed by atoms with Crippen molar-refractivity contribution < 1.29 is 4.79 Å². The summed E-state index contributed by atoms with van der Waals surface area (Å²) in [6.07, 6.45) is 2.52. The number of aryl methyl sites for hydroxylation is 1. The van der Waals surface area contributed by atoms with Crippen LogP contribution in [0.1, 0.15) is 35.5 Å². The van der Waals surface area contributed by atoms with Crippen molar-refractivity contribution in [2.75, 3.05) is 11.9 Å². The highest BCUT2D eigenvalue weighted by molar-refractivity contribution is 5.92. The van der Waals surface area contributed by atoms with Gasteiger partial charge in [0.1, 0.15) is 5.69 Å². The molecule has 0 unspecified atom stereocenters. The van der Waals surface area contributed by atoms with Crippen LogP contribution in [0, 0.1) is 0 Å². The number of nitrogens with one attached hydrogen (secondary N) is 1. The Balaban J connectivity index is 1.78. The third-order valence-corrected chi connectivity index (χ3v) is 4.40. The van der Waals surface area contributed by atoms with E-state index in [-0.39, 0.29) is 5.91 Å². The molecule has 5 heteroatoms. The lowest BCUT2D eigenvalue weighted by molar-refractivity contribution is 0.0746. The van der Waals surface area contributed by atoms with E-state index in [0.29, 0.717) is 24.7 Å². The van der Waals surface area contributed by atoms with Gasteiger partial charge in [0, 0.05) is 25.0 Å². The topological polar surface area (TPSA) is 58.1 Å². The molecule has 1 N–H and O–H groups in total. The molecular weight excluding hydrogens is 336 g/mol. The molecule has 0 atom stereocenters. The molecule has 1 heterocycles. The molecule has 2 aromatic carbocycles. The van der Waals surface area contributed by atoms with Gasteiger partial charge in [-0.05, 0) is 36.6 Å². The third kappa shape index (κ3) is 4.70. The standard InChI is InChI=1S/C22H24N4O/c1-3-18-12-8-9-13-19(18)24-22-23-15-14-20(25-22)21(27)26(4-2)16-17-10-6-5-7-11-17/h5-15H,3-4,16H2,1-2H3,(H,23,24,25). The number of hydrogen-bond donors (Lipinski definition) is 1. The van der Waals surface area contributed by atoms with Crippen molar-refractivity contribution >= 4 is 17.5 Å². The van der Waals surface area contributed by atoms with E-state index in [9.17, 15) is 4.79 Å². The number of hydrogen-bond acceptors (Lipinski definition) is 4. The van der Waals surface area contributed by atoms with Crippen LogP contribution in [0.3, 0.4) is 0 Å². The van der Waals surface area contributed by atoms with Crippen LogP contribution in [-0.4, -0.2) is 27.3 Å². The van der Waals surface area contributed by atoms with Gasteiger partial charge in [-0.2, -0.15) is 0 Å². The molecule has 3 rings (SSSR count). The SMILES string of the molecule is CCc1ccccc1Nc1nccc(C(=O)N(CC)Cc2ccccc2)n1. The highest BCUT2D eigenvalue weighted by Crippen LogP contribution is 2.19. The lowest BCUT2D eigenvalue weighted by Crippen LogP contribution is -2.31. The van der Waals surface area contributed by atoms with Crippen molar-refractivity contribution in [1.82, 2.24) is 14.9 Å². The average Bonchev–Trinajstić information content (AvgIpc) is 2.73. The first-order valence-electron chi connectivity index (χ1n) is 9.22. The van der Waals surface area contributed by atoms with Crippen molar-refractivity contribution in [3.05, 3.63) is 83.7 Å². The molecule has 0 aliphatic carbocycles. The Labute approximate surface area is 160 Å². The zero-order chi connectivity index (χ0) is 19.1. The lowest BCUT2D eigenvalue weighted by atomic mass is 10.1. The highest BCUT2D eigenvalue weighted by atomic mass is 16.2. The van der Waals surface area contributed by atoms with Gasteiger partial charge in [0.15, 0.2) is 0 Å². The third-order valence-electron chi connectivity index (χ3n) is 4.40. The van der Waals surface area contributed by atoms with Gasteiger partial charge in [-0.15, -0.1) is 0 Å². The Morgan fingerprint density at radius 2 is 1.74 bits per heavy atom. The molecule has 138 valence electrons. The van der Waals surface area contributed by atoms with E-state index in [4.69, 9.17) is 0 Å². The van der Waals surface area contributed by atoms with E-state index in [2.05, 4.69) is 28.3 Å². The van der Waals surface area contributed by atoms with Crippen LogP contribution in [0.5, 0.6) is 0 Å². The molecule has 1 amide bonds. The first-order valence-corrected chi connectivity index (χ1v) is 9.22. The Morgan fingerprint density at radius 1 is 1.00 bits per heavy atom. The summed E-state index contributed by atoms with van der Waals surface area (Å²) in [6.45, 7) is 5.24. The van der Waals surface area contributed by atoms with Crippen LogP contribution in [0.2, 0.25) is 0 Å². The molecule has 0 radical (unpaired) electrons. The first kappa shape index (κ1) is 18.6. The molecule has 27 heavy (non-hydrogen) atoms. The molecule has 5 nitrogen and oxygen atoms in total. The number of carbonyl (C=O) groups is 1. The summed E-state index contributed by atoms with van der Waals surface area (Å²) >= 11 is 0. The summed E-state index contributed by atoms with van der Waals surface area (Å²) < 4.78 is 0. The van der Waals surface area contributed by atoms with Gasteiger partial charge in [0.25, 0.3) is 5.91 Å². The highest BCUT2D eigenvalue weighted by Gasteiger charge is 2.17. The Bertz CT molecular complexity index is 896. The van der Waals surface area contributed by atoms with Crippen LogP contribution in [0.4, 0.5) is 11.6 Å². The predicted molar refractivity (Wildman–Crippen MR) is 108 cm³/mol. The van der Waals surface area contributed by atoms with Crippen LogP contribution >= 0.6 is 0 Å². The Kier molecular flexibility index (Phi) is 6.15. The molecule has 0 aliphatic rings. The smallest absolute Gasteiger partial charge is 0.272 e. The van der Waals surface area contributed by atoms with Crippen molar-refractivity contribution in [1.29, 1.82) is 0 Å². The van der Waals surface area contributed by atoms with Gasteiger partial charge >= 0.3 is 0 Å². The summed E-state index contributed by atoms with van der Waals surface area (Å²) in [5.74, 6) is 0.327. The summed E-state index contributed by atoms with van der Waals surface area (Å²) in [5.41, 5.74) is 3.62. The van der Waals surface area contributed by atoms with Crippen molar-refractivity contribution in [2.24, 2.45) is 0 Å². The minimum absolute atomic E-state index is 0.101. The van der Waals surface area contributed by atoms with Crippen molar-refractivity contribution in [2.45, 2.75) is 26.8 Å². The fourth-order valence-corrected chi connectivity index (χ4v) is 2.90. The van der Waals surface area contributed by atoms with Gasteiger partial charge < -0.3 is 10.2 Å². The fraction of sp³-hybridized carbons (Fsp3) is 0.227. The van der Waals surface area contributed by atoms with Gasteiger partial charge in [-0.25, -0.2) is 9.97 Å². The quantitative estimate of drug-likeness (QED) is 0.676. The number of nitrogens with zero attached hydrogens (tertiary/aromatic N) is 3. The fourth-order valence-electron chi connectivity index (χ4n) is 2.90. The number of rotatable bonds is 7. The molecule has 0 spiro atoms. The molecule has 0 aliphatic heterocycles. The average molecular weight is 360 g/mol. The summed E-state index contributed by atoms with van der Waals surface area (Å²) in [7, 11) is 0. The van der Waals surface area contributed by atoms with E-state index in [1.807, 2.05) is 55.5 Å².